The number of hydrogen-bond acceptors (Lipinski definition) is 5. The van der Waals surface area contributed by atoms with Crippen molar-refractivity contribution in [1.82, 2.24) is 29.3 Å². The molecule has 33 heavy (non-hydrogen) atoms. The standard InChI is InChI=1S/C24H30N6O3/c1-17(2)16-29(23(32)20-15-25-10-11-26-20)14-9-22(31)28-12-7-18(8-13-28)30-21-6-4-3-5-19(21)27-24(30)33/h3-6,10-11,15,17-18H,7-9,12-14,16H2,1-2H3,(H,27,33). The highest BCUT2D eigenvalue weighted by atomic mass is 16.2. The van der Waals surface area contributed by atoms with E-state index < -0.39 is 0 Å². The molecule has 1 aliphatic heterocycles. The van der Waals surface area contributed by atoms with Crippen LogP contribution in [0.4, 0.5) is 0 Å². The molecule has 1 aliphatic rings. The van der Waals surface area contributed by atoms with Gasteiger partial charge in [0.15, 0.2) is 0 Å². The van der Waals surface area contributed by atoms with E-state index in [1.165, 1.54) is 18.6 Å². The Morgan fingerprint density at radius 2 is 1.94 bits per heavy atom. The van der Waals surface area contributed by atoms with E-state index in [0.717, 1.165) is 23.9 Å². The Morgan fingerprint density at radius 3 is 2.64 bits per heavy atom. The number of amides is 2. The second kappa shape index (κ2) is 9.97. The quantitative estimate of drug-likeness (QED) is 0.596. The van der Waals surface area contributed by atoms with Crippen molar-refractivity contribution in [3.63, 3.8) is 0 Å². The fraction of sp³-hybridized carbons (Fsp3) is 0.458. The summed E-state index contributed by atoms with van der Waals surface area (Å²) >= 11 is 0. The first-order chi connectivity index (χ1) is 15.9. The van der Waals surface area contributed by atoms with E-state index in [9.17, 15) is 14.4 Å². The fourth-order valence-electron chi connectivity index (χ4n) is 4.49. The molecule has 0 unspecified atom stereocenters. The highest BCUT2D eigenvalue weighted by molar-refractivity contribution is 5.92. The lowest BCUT2D eigenvalue weighted by atomic mass is 10.0. The largest absolute Gasteiger partial charge is 0.342 e. The molecule has 1 N–H and O–H groups in total. The number of H-pyrrole nitrogens is 1. The first kappa shape index (κ1) is 22.7. The number of hydrogen-bond donors (Lipinski definition) is 1. The highest BCUT2D eigenvalue weighted by Crippen LogP contribution is 2.25. The molecule has 2 aromatic heterocycles. The number of fused-ring (bicyclic) bond motifs is 1. The zero-order chi connectivity index (χ0) is 23.4. The average Bonchev–Trinajstić information content (AvgIpc) is 3.17. The van der Waals surface area contributed by atoms with Crippen molar-refractivity contribution in [1.29, 1.82) is 0 Å². The van der Waals surface area contributed by atoms with Gasteiger partial charge in [-0.25, -0.2) is 9.78 Å². The normalized spacial score (nSPS) is 14.7. The van der Waals surface area contributed by atoms with Crippen molar-refractivity contribution >= 4 is 22.8 Å². The molecule has 0 radical (unpaired) electrons. The fourth-order valence-corrected chi connectivity index (χ4v) is 4.49. The maximum atomic E-state index is 12.9. The Kier molecular flexibility index (Phi) is 6.86. The molecule has 2 amide bonds. The molecule has 3 heterocycles. The van der Waals surface area contributed by atoms with Crippen molar-refractivity contribution in [3.8, 4) is 0 Å². The molecule has 0 bridgehead atoms. The predicted molar refractivity (Wildman–Crippen MR) is 125 cm³/mol. The minimum Gasteiger partial charge on any atom is -0.342 e. The van der Waals surface area contributed by atoms with Crippen LogP contribution >= 0.6 is 0 Å². The molecule has 1 fully saturated rings. The third kappa shape index (κ3) is 5.13. The van der Waals surface area contributed by atoms with E-state index in [1.54, 1.807) is 4.90 Å². The Labute approximate surface area is 192 Å². The SMILES string of the molecule is CC(C)CN(CCC(=O)N1CCC(n2c(=O)[nH]c3ccccc32)CC1)C(=O)c1cnccn1. The summed E-state index contributed by atoms with van der Waals surface area (Å²) in [5.41, 5.74) is 1.92. The molecule has 1 saturated heterocycles. The number of para-hydroxylation sites is 2. The third-order valence-electron chi connectivity index (χ3n) is 6.06. The summed E-state index contributed by atoms with van der Waals surface area (Å²) in [6, 6.07) is 7.74. The highest BCUT2D eigenvalue weighted by Gasteiger charge is 2.27. The van der Waals surface area contributed by atoms with Crippen LogP contribution in [0.3, 0.4) is 0 Å². The molecule has 174 valence electrons. The van der Waals surface area contributed by atoms with Gasteiger partial charge in [-0.15, -0.1) is 0 Å². The van der Waals surface area contributed by atoms with Gasteiger partial charge in [0.25, 0.3) is 5.91 Å². The molecule has 0 atom stereocenters. The average molecular weight is 451 g/mol. The number of aromatic amines is 1. The molecule has 3 aromatic rings. The van der Waals surface area contributed by atoms with Crippen LogP contribution < -0.4 is 5.69 Å². The lowest BCUT2D eigenvalue weighted by Crippen LogP contribution is -2.43. The number of nitrogens with one attached hydrogen (secondary N) is 1. The minimum absolute atomic E-state index is 0.0282. The zero-order valence-electron chi connectivity index (χ0n) is 19.1. The van der Waals surface area contributed by atoms with Crippen LogP contribution in [0.1, 0.15) is 49.6 Å². The van der Waals surface area contributed by atoms with E-state index in [-0.39, 0.29) is 41.6 Å². The summed E-state index contributed by atoms with van der Waals surface area (Å²) in [6.45, 7) is 6.16. The molecule has 0 spiro atoms. The minimum atomic E-state index is -0.206. The Hall–Kier alpha value is -3.49. The van der Waals surface area contributed by atoms with Gasteiger partial charge in [0.05, 0.1) is 17.2 Å². The van der Waals surface area contributed by atoms with Gasteiger partial charge in [0.1, 0.15) is 5.69 Å². The van der Waals surface area contributed by atoms with Crippen LogP contribution in [0, 0.1) is 5.92 Å². The summed E-state index contributed by atoms with van der Waals surface area (Å²) in [7, 11) is 0. The maximum Gasteiger partial charge on any atom is 0.326 e. The topological polar surface area (TPSA) is 104 Å². The molecule has 0 aliphatic carbocycles. The molecule has 0 saturated carbocycles. The number of likely N-dealkylation sites (tertiary alicyclic amines) is 1. The molecular formula is C24H30N6O3. The van der Waals surface area contributed by atoms with Crippen molar-refractivity contribution in [3.05, 3.63) is 59.0 Å². The number of nitrogens with zero attached hydrogens (tertiary/aromatic N) is 5. The number of benzene rings is 1. The number of aromatic nitrogens is 4. The number of carbonyl (C=O) groups excluding carboxylic acids is 2. The van der Waals surface area contributed by atoms with Crippen molar-refractivity contribution in [2.75, 3.05) is 26.2 Å². The van der Waals surface area contributed by atoms with Gasteiger partial charge in [-0.2, -0.15) is 0 Å². The Morgan fingerprint density at radius 1 is 1.18 bits per heavy atom. The van der Waals surface area contributed by atoms with Gasteiger partial charge < -0.3 is 14.8 Å². The summed E-state index contributed by atoms with van der Waals surface area (Å²) in [4.78, 5) is 52.8. The predicted octanol–water partition coefficient (Wildman–Crippen LogP) is 2.47. The summed E-state index contributed by atoms with van der Waals surface area (Å²) in [5, 5.41) is 0. The van der Waals surface area contributed by atoms with Crippen LogP contribution in [0.5, 0.6) is 0 Å². The number of carbonyl (C=O) groups is 2. The van der Waals surface area contributed by atoms with Crippen molar-refractivity contribution in [2.45, 2.75) is 39.2 Å². The van der Waals surface area contributed by atoms with E-state index in [4.69, 9.17) is 0 Å². The Balaban J connectivity index is 1.35. The molecule has 9 heteroatoms. The summed E-state index contributed by atoms with van der Waals surface area (Å²) < 4.78 is 1.82. The zero-order valence-corrected chi connectivity index (χ0v) is 19.1. The van der Waals surface area contributed by atoms with Crippen LogP contribution in [-0.4, -0.2) is 67.3 Å². The second-order valence-electron chi connectivity index (χ2n) is 8.91. The van der Waals surface area contributed by atoms with Gasteiger partial charge >= 0.3 is 5.69 Å². The van der Waals surface area contributed by atoms with Gasteiger partial charge in [-0.05, 0) is 30.9 Å². The lowest BCUT2D eigenvalue weighted by Gasteiger charge is -2.33. The van der Waals surface area contributed by atoms with Gasteiger partial charge in [0, 0.05) is 51.0 Å². The van der Waals surface area contributed by atoms with E-state index in [1.807, 2.05) is 47.6 Å². The number of imidazole rings is 1. The smallest absolute Gasteiger partial charge is 0.326 e. The monoisotopic (exact) mass is 450 g/mol. The lowest BCUT2D eigenvalue weighted by molar-refractivity contribution is -0.132. The summed E-state index contributed by atoms with van der Waals surface area (Å²) in [5.74, 6) is 0.0911. The third-order valence-corrected chi connectivity index (χ3v) is 6.06. The van der Waals surface area contributed by atoms with E-state index in [2.05, 4.69) is 15.0 Å². The number of rotatable bonds is 7. The van der Waals surface area contributed by atoms with E-state index >= 15 is 0 Å². The van der Waals surface area contributed by atoms with Crippen LogP contribution in [-0.2, 0) is 4.79 Å². The molecular weight excluding hydrogens is 420 g/mol. The first-order valence-corrected chi connectivity index (χ1v) is 11.5. The van der Waals surface area contributed by atoms with Gasteiger partial charge in [-0.3, -0.25) is 19.1 Å². The van der Waals surface area contributed by atoms with Gasteiger partial charge in [0.2, 0.25) is 5.91 Å². The van der Waals surface area contributed by atoms with E-state index in [0.29, 0.717) is 26.2 Å². The number of piperidine rings is 1. The van der Waals surface area contributed by atoms with Crippen LogP contribution in [0.15, 0.2) is 47.7 Å². The maximum absolute atomic E-state index is 12.9. The molecule has 4 rings (SSSR count). The van der Waals surface area contributed by atoms with Crippen molar-refractivity contribution in [2.24, 2.45) is 5.92 Å². The van der Waals surface area contributed by atoms with Crippen molar-refractivity contribution < 1.29 is 9.59 Å². The van der Waals surface area contributed by atoms with Crippen LogP contribution in [0.25, 0.3) is 11.0 Å². The molecule has 9 nitrogen and oxygen atoms in total. The first-order valence-electron chi connectivity index (χ1n) is 11.5. The van der Waals surface area contributed by atoms with Crippen LogP contribution in [0.2, 0.25) is 0 Å². The summed E-state index contributed by atoms with van der Waals surface area (Å²) in [6.07, 6.45) is 6.19. The van der Waals surface area contributed by atoms with Gasteiger partial charge in [-0.1, -0.05) is 26.0 Å². The Bertz CT molecular complexity index is 1160. The second-order valence-corrected chi connectivity index (χ2v) is 8.91. The molecule has 1 aromatic carbocycles.